The summed E-state index contributed by atoms with van der Waals surface area (Å²) in [6, 6.07) is 11.0. The van der Waals surface area contributed by atoms with Crippen molar-refractivity contribution in [3.63, 3.8) is 0 Å². The zero-order valence-corrected chi connectivity index (χ0v) is 19.6. The number of dihydropyridines is 1. The molecule has 0 spiro atoms. The number of carbonyl (C=O) groups is 2. The molecule has 0 saturated carbocycles. The monoisotopic (exact) mass is 447 g/mol. The number of anilines is 1. The number of rotatable bonds is 5. The lowest BCUT2D eigenvalue weighted by Crippen LogP contribution is -2.37. The third-order valence-electron chi connectivity index (χ3n) is 6.15. The van der Waals surface area contributed by atoms with E-state index in [2.05, 4.69) is 22.5 Å². The second-order valence-corrected chi connectivity index (χ2v) is 8.66. The third kappa shape index (κ3) is 4.35. The van der Waals surface area contributed by atoms with E-state index >= 15 is 0 Å². The second kappa shape index (κ2) is 9.10. The molecule has 0 saturated heterocycles. The molecule has 0 radical (unpaired) electrons. The van der Waals surface area contributed by atoms with Crippen LogP contribution < -0.4 is 20.1 Å². The summed E-state index contributed by atoms with van der Waals surface area (Å²) in [5.74, 6) is 1.09. The molecule has 2 aliphatic rings. The Balaban J connectivity index is 1.83. The van der Waals surface area contributed by atoms with Gasteiger partial charge in [0.25, 0.3) is 5.91 Å². The van der Waals surface area contributed by atoms with Crippen molar-refractivity contribution in [1.82, 2.24) is 10.3 Å². The van der Waals surface area contributed by atoms with Gasteiger partial charge in [-0.1, -0.05) is 19.1 Å². The van der Waals surface area contributed by atoms with Gasteiger partial charge in [0, 0.05) is 40.6 Å². The second-order valence-electron chi connectivity index (χ2n) is 8.66. The van der Waals surface area contributed by atoms with E-state index in [9.17, 15) is 9.59 Å². The zero-order chi connectivity index (χ0) is 23.7. The number of nitrogens with zero attached hydrogens (tertiary/aromatic N) is 1. The van der Waals surface area contributed by atoms with Gasteiger partial charge in [0.2, 0.25) is 0 Å². The Morgan fingerprint density at radius 2 is 1.85 bits per heavy atom. The van der Waals surface area contributed by atoms with E-state index in [1.807, 2.05) is 38.1 Å². The van der Waals surface area contributed by atoms with Crippen LogP contribution in [0.25, 0.3) is 0 Å². The topological polar surface area (TPSA) is 89.5 Å². The van der Waals surface area contributed by atoms with Crippen molar-refractivity contribution >= 4 is 17.5 Å². The first-order valence-electron chi connectivity index (χ1n) is 11.0. The number of amides is 1. The molecule has 33 heavy (non-hydrogen) atoms. The number of allylic oxidation sites excluding steroid dienone is 3. The van der Waals surface area contributed by atoms with Crippen molar-refractivity contribution in [3.8, 4) is 11.5 Å². The minimum absolute atomic E-state index is 0.0579. The lowest BCUT2D eigenvalue weighted by atomic mass is 9.73. The number of Topliss-reactive ketones (excluding diaryl/α,β-unsaturated/α-hetero) is 1. The van der Waals surface area contributed by atoms with Crippen LogP contribution in [0.2, 0.25) is 0 Å². The predicted molar refractivity (Wildman–Crippen MR) is 126 cm³/mol. The Morgan fingerprint density at radius 3 is 2.55 bits per heavy atom. The maximum atomic E-state index is 13.6. The molecule has 2 aromatic rings. The number of benzene rings is 1. The van der Waals surface area contributed by atoms with Gasteiger partial charge in [0.05, 0.1) is 14.2 Å². The molecule has 1 aromatic carbocycles. The Morgan fingerprint density at radius 1 is 1.09 bits per heavy atom. The fraction of sp³-hybridized carbons (Fsp3) is 0.346. The van der Waals surface area contributed by atoms with E-state index in [1.165, 1.54) is 0 Å². The smallest absolute Gasteiger partial charge is 0.255 e. The minimum atomic E-state index is -0.522. The standard InChI is InChI=1S/C26H29N3O4/c1-14-11-18-25(19(30)12-14)24(17-9-10-20(32-4)21(13-17)33-5)23(16(3)28-18)26(31)29-22-8-6-7-15(2)27-22/h6-10,13-14,24,28H,11-12H2,1-5H3,(H,27,29,31). The van der Waals surface area contributed by atoms with E-state index in [1.54, 1.807) is 26.4 Å². The molecule has 0 bridgehead atoms. The normalized spacial score (nSPS) is 20.2. The van der Waals surface area contributed by atoms with E-state index in [-0.39, 0.29) is 17.6 Å². The number of methoxy groups -OCH3 is 2. The molecule has 1 aliphatic carbocycles. The summed E-state index contributed by atoms with van der Waals surface area (Å²) in [4.78, 5) is 31.2. The van der Waals surface area contributed by atoms with Crippen LogP contribution in [0, 0.1) is 12.8 Å². The van der Waals surface area contributed by atoms with Gasteiger partial charge in [-0.25, -0.2) is 4.98 Å². The number of nitrogens with one attached hydrogen (secondary N) is 2. The summed E-state index contributed by atoms with van der Waals surface area (Å²) in [6.07, 6.45) is 1.22. The highest BCUT2D eigenvalue weighted by Crippen LogP contribution is 2.45. The van der Waals surface area contributed by atoms with Crippen molar-refractivity contribution in [2.45, 2.75) is 39.5 Å². The average molecular weight is 448 g/mol. The number of carbonyl (C=O) groups excluding carboxylic acids is 2. The highest BCUT2D eigenvalue weighted by Gasteiger charge is 2.40. The molecule has 0 fully saturated rings. The lowest BCUT2D eigenvalue weighted by molar-refractivity contribution is -0.117. The van der Waals surface area contributed by atoms with Crippen molar-refractivity contribution in [3.05, 3.63) is 70.2 Å². The van der Waals surface area contributed by atoms with Crippen molar-refractivity contribution in [2.75, 3.05) is 19.5 Å². The first-order chi connectivity index (χ1) is 15.8. The minimum Gasteiger partial charge on any atom is -0.493 e. The maximum Gasteiger partial charge on any atom is 0.255 e. The molecule has 7 heteroatoms. The largest absolute Gasteiger partial charge is 0.493 e. The van der Waals surface area contributed by atoms with Gasteiger partial charge in [-0.3, -0.25) is 9.59 Å². The Bertz CT molecular complexity index is 1180. The number of ether oxygens (including phenoxy) is 2. The van der Waals surface area contributed by atoms with Crippen LogP contribution in [0.4, 0.5) is 5.82 Å². The molecule has 2 atom stereocenters. The zero-order valence-electron chi connectivity index (χ0n) is 19.6. The van der Waals surface area contributed by atoms with Gasteiger partial charge >= 0.3 is 0 Å². The Labute approximate surface area is 193 Å². The first-order valence-corrected chi connectivity index (χ1v) is 11.0. The Hall–Kier alpha value is -3.61. The van der Waals surface area contributed by atoms with E-state index in [0.29, 0.717) is 34.9 Å². The van der Waals surface area contributed by atoms with Gasteiger partial charge in [-0.2, -0.15) is 0 Å². The Kier molecular flexibility index (Phi) is 6.22. The van der Waals surface area contributed by atoms with Gasteiger partial charge in [-0.05, 0) is 56.0 Å². The summed E-state index contributed by atoms with van der Waals surface area (Å²) in [7, 11) is 3.15. The molecule has 7 nitrogen and oxygen atoms in total. The van der Waals surface area contributed by atoms with Crippen molar-refractivity contribution in [1.29, 1.82) is 0 Å². The fourth-order valence-corrected chi connectivity index (χ4v) is 4.70. The first kappa shape index (κ1) is 22.6. The van der Waals surface area contributed by atoms with Crippen LogP contribution in [0.3, 0.4) is 0 Å². The maximum absolute atomic E-state index is 13.6. The van der Waals surface area contributed by atoms with E-state index in [4.69, 9.17) is 9.47 Å². The molecule has 4 rings (SSSR count). The molecule has 2 N–H and O–H groups in total. The van der Waals surface area contributed by atoms with Crippen molar-refractivity contribution < 1.29 is 19.1 Å². The summed E-state index contributed by atoms with van der Waals surface area (Å²) in [5, 5.41) is 6.27. The van der Waals surface area contributed by atoms with Crippen LogP contribution >= 0.6 is 0 Å². The highest BCUT2D eigenvalue weighted by molar-refractivity contribution is 6.09. The summed E-state index contributed by atoms with van der Waals surface area (Å²) in [6.45, 7) is 5.81. The molecular weight excluding hydrogens is 418 g/mol. The van der Waals surface area contributed by atoms with Crippen LogP contribution in [0.1, 0.15) is 43.9 Å². The third-order valence-corrected chi connectivity index (χ3v) is 6.15. The van der Waals surface area contributed by atoms with Crippen molar-refractivity contribution in [2.24, 2.45) is 5.92 Å². The van der Waals surface area contributed by atoms with Crippen LogP contribution in [-0.2, 0) is 9.59 Å². The molecule has 1 amide bonds. The number of ketones is 1. The number of pyridine rings is 1. The van der Waals surface area contributed by atoms with Gasteiger partial charge in [-0.15, -0.1) is 0 Å². The molecule has 1 aromatic heterocycles. The number of hydrogen-bond donors (Lipinski definition) is 2. The number of hydrogen-bond acceptors (Lipinski definition) is 6. The lowest BCUT2D eigenvalue weighted by Gasteiger charge is -2.36. The molecule has 172 valence electrons. The predicted octanol–water partition coefficient (Wildman–Crippen LogP) is 4.26. The van der Waals surface area contributed by atoms with E-state index < -0.39 is 5.92 Å². The molecular formula is C26H29N3O4. The van der Waals surface area contributed by atoms with Gasteiger partial charge < -0.3 is 20.1 Å². The van der Waals surface area contributed by atoms with Gasteiger partial charge in [0.15, 0.2) is 17.3 Å². The highest BCUT2D eigenvalue weighted by atomic mass is 16.5. The number of aromatic nitrogens is 1. The van der Waals surface area contributed by atoms with E-state index in [0.717, 1.165) is 29.1 Å². The molecule has 2 unspecified atom stereocenters. The summed E-state index contributed by atoms with van der Waals surface area (Å²) < 4.78 is 10.9. The fourth-order valence-electron chi connectivity index (χ4n) is 4.70. The average Bonchev–Trinajstić information content (AvgIpc) is 2.77. The summed E-state index contributed by atoms with van der Waals surface area (Å²) >= 11 is 0. The number of aryl methyl sites for hydroxylation is 1. The van der Waals surface area contributed by atoms with Crippen LogP contribution in [0.15, 0.2) is 58.9 Å². The van der Waals surface area contributed by atoms with Gasteiger partial charge in [0.1, 0.15) is 5.82 Å². The quantitative estimate of drug-likeness (QED) is 0.712. The SMILES string of the molecule is COc1ccc(C2C(C(=O)Nc3cccc(C)n3)=C(C)NC3=C2C(=O)CC(C)C3)cc1OC. The summed E-state index contributed by atoms with van der Waals surface area (Å²) in [5.41, 5.74) is 4.35. The molecule has 1 aliphatic heterocycles. The van der Waals surface area contributed by atoms with Crippen LogP contribution in [0.5, 0.6) is 11.5 Å². The van der Waals surface area contributed by atoms with Crippen LogP contribution in [-0.4, -0.2) is 30.9 Å². The molecule has 2 heterocycles.